The predicted octanol–water partition coefficient (Wildman–Crippen LogP) is 4.15. The van der Waals surface area contributed by atoms with Crippen LogP contribution in [0.15, 0.2) is 46.9 Å². The summed E-state index contributed by atoms with van der Waals surface area (Å²) in [6, 6.07) is 13.1. The van der Waals surface area contributed by atoms with E-state index in [1.807, 2.05) is 56.3 Å². The summed E-state index contributed by atoms with van der Waals surface area (Å²) in [6.07, 6.45) is 0.211. The standard InChI is InChI=1S/C20H21BrN2O3/c1-3-26-16-7-5-15(6-8-16)23-12-14(11-19(23)24)20(25)22-18-9-4-13(2)10-17(18)21/h4-10,14H,3,11-12H2,1-2H3,(H,22,25). The molecule has 2 aromatic rings. The van der Waals surface area contributed by atoms with Crippen LogP contribution in [0.25, 0.3) is 0 Å². The Hall–Kier alpha value is -2.34. The minimum Gasteiger partial charge on any atom is -0.494 e. The van der Waals surface area contributed by atoms with Crippen LogP contribution >= 0.6 is 15.9 Å². The minimum atomic E-state index is -0.373. The fourth-order valence-electron chi connectivity index (χ4n) is 2.98. The molecule has 0 radical (unpaired) electrons. The number of carbonyl (C=O) groups excluding carboxylic acids is 2. The van der Waals surface area contributed by atoms with Crippen molar-refractivity contribution in [2.45, 2.75) is 20.3 Å². The van der Waals surface area contributed by atoms with Crippen LogP contribution in [0, 0.1) is 12.8 Å². The Morgan fingerprint density at radius 3 is 2.65 bits per heavy atom. The number of ether oxygens (including phenoxy) is 1. The maximum atomic E-state index is 12.6. The van der Waals surface area contributed by atoms with Crippen LogP contribution in [0.2, 0.25) is 0 Å². The van der Waals surface area contributed by atoms with E-state index in [9.17, 15) is 9.59 Å². The molecule has 136 valence electrons. The summed E-state index contributed by atoms with van der Waals surface area (Å²) in [6.45, 7) is 4.88. The van der Waals surface area contributed by atoms with E-state index in [2.05, 4.69) is 21.2 Å². The average Bonchev–Trinajstić information content (AvgIpc) is 3.00. The second-order valence-electron chi connectivity index (χ2n) is 6.30. The highest BCUT2D eigenvalue weighted by atomic mass is 79.9. The molecule has 1 atom stereocenters. The number of nitrogens with zero attached hydrogens (tertiary/aromatic N) is 1. The number of amides is 2. The molecule has 1 unspecified atom stereocenters. The molecule has 26 heavy (non-hydrogen) atoms. The van der Waals surface area contributed by atoms with Crippen LogP contribution in [0.1, 0.15) is 18.9 Å². The van der Waals surface area contributed by atoms with Gasteiger partial charge in [0.25, 0.3) is 0 Å². The van der Waals surface area contributed by atoms with Crippen molar-refractivity contribution in [1.29, 1.82) is 0 Å². The Labute approximate surface area is 161 Å². The maximum Gasteiger partial charge on any atom is 0.229 e. The molecule has 0 aromatic heterocycles. The lowest BCUT2D eigenvalue weighted by Gasteiger charge is -2.17. The third kappa shape index (κ3) is 4.07. The van der Waals surface area contributed by atoms with Gasteiger partial charge in [-0.25, -0.2) is 0 Å². The van der Waals surface area contributed by atoms with E-state index < -0.39 is 0 Å². The summed E-state index contributed by atoms with van der Waals surface area (Å²) >= 11 is 3.46. The zero-order valence-corrected chi connectivity index (χ0v) is 16.4. The topological polar surface area (TPSA) is 58.6 Å². The summed E-state index contributed by atoms with van der Waals surface area (Å²) in [4.78, 5) is 26.6. The van der Waals surface area contributed by atoms with Crippen LogP contribution in [-0.2, 0) is 9.59 Å². The Morgan fingerprint density at radius 1 is 1.27 bits per heavy atom. The largest absolute Gasteiger partial charge is 0.494 e. The highest BCUT2D eigenvalue weighted by molar-refractivity contribution is 9.10. The first-order chi connectivity index (χ1) is 12.5. The van der Waals surface area contributed by atoms with Crippen LogP contribution in [-0.4, -0.2) is 25.0 Å². The molecular weight excluding hydrogens is 396 g/mol. The molecular formula is C20H21BrN2O3. The van der Waals surface area contributed by atoms with E-state index in [4.69, 9.17) is 4.74 Å². The first-order valence-corrected chi connectivity index (χ1v) is 9.37. The van der Waals surface area contributed by atoms with Gasteiger partial charge in [-0.3, -0.25) is 9.59 Å². The summed E-state index contributed by atoms with van der Waals surface area (Å²) in [7, 11) is 0. The Kier molecular flexibility index (Phi) is 5.61. The molecule has 0 bridgehead atoms. The number of carbonyl (C=O) groups is 2. The molecule has 1 fully saturated rings. The van der Waals surface area contributed by atoms with Crippen molar-refractivity contribution in [3.8, 4) is 5.75 Å². The van der Waals surface area contributed by atoms with Crippen LogP contribution in [0.4, 0.5) is 11.4 Å². The Morgan fingerprint density at radius 2 is 2.00 bits per heavy atom. The van der Waals surface area contributed by atoms with Crippen molar-refractivity contribution in [2.24, 2.45) is 5.92 Å². The monoisotopic (exact) mass is 416 g/mol. The Bertz CT molecular complexity index is 820. The first-order valence-electron chi connectivity index (χ1n) is 8.58. The third-order valence-corrected chi connectivity index (χ3v) is 4.99. The highest BCUT2D eigenvalue weighted by Gasteiger charge is 2.35. The number of rotatable bonds is 5. The van der Waals surface area contributed by atoms with Crippen LogP contribution < -0.4 is 15.0 Å². The molecule has 1 aliphatic rings. The molecule has 2 amide bonds. The van der Waals surface area contributed by atoms with E-state index in [-0.39, 0.29) is 24.2 Å². The van der Waals surface area contributed by atoms with Gasteiger partial charge in [0, 0.05) is 23.1 Å². The summed E-state index contributed by atoms with van der Waals surface area (Å²) in [5.41, 5.74) is 2.60. The quantitative estimate of drug-likeness (QED) is 0.796. The number of anilines is 2. The number of hydrogen-bond donors (Lipinski definition) is 1. The molecule has 2 aromatic carbocycles. The zero-order valence-electron chi connectivity index (χ0n) is 14.8. The van der Waals surface area contributed by atoms with Gasteiger partial charge in [-0.2, -0.15) is 0 Å². The van der Waals surface area contributed by atoms with Gasteiger partial charge in [-0.15, -0.1) is 0 Å². The van der Waals surface area contributed by atoms with Crippen LogP contribution in [0.3, 0.4) is 0 Å². The fraction of sp³-hybridized carbons (Fsp3) is 0.300. The van der Waals surface area contributed by atoms with Gasteiger partial charge in [-0.1, -0.05) is 6.07 Å². The van der Waals surface area contributed by atoms with Crippen molar-refractivity contribution in [1.82, 2.24) is 0 Å². The average molecular weight is 417 g/mol. The van der Waals surface area contributed by atoms with E-state index in [0.717, 1.165) is 21.5 Å². The smallest absolute Gasteiger partial charge is 0.229 e. The van der Waals surface area contributed by atoms with E-state index >= 15 is 0 Å². The van der Waals surface area contributed by atoms with Gasteiger partial charge in [0.1, 0.15) is 5.75 Å². The highest BCUT2D eigenvalue weighted by Crippen LogP contribution is 2.29. The number of nitrogens with one attached hydrogen (secondary N) is 1. The number of halogens is 1. The molecule has 0 saturated carbocycles. The second kappa shape index (κ2) is 7.91. The molecule has 5 nitrogen and oxygen atoms in total. The predicted molar refractivity (Wildman–Crippen MR) is 106 cm³/mol. The fourth-order valence-corrected chi connectivity index (χ4v) is 3.57. The Balaban J connectivity index is 1.67. The van der Waals surface area contributed by atoms with Gasteiger partial charge in [0.05, 0.1) is 18.2 Å². The van der Waals surface area contributed by atoms with Crippen LogP contribution in [0.5, 0.6) is 5.75 Å². The van der Waals surface area contributed by atoms with Crippen molar-refractivity contribution < 1.29 is 14.3 Å². The molecule has 0 spiro atoms. The van der Waals surface area contributed by atoms with Gasteiger partial charge >= 0.3 is 0 Å². The van der Waals surface area contributed by atoms with E-state index in [1.165, 1.54) is 0 Å². The summed E-state index contributed by atoms with van der Waals surface area (Å²) in [5.74, 6) is 0.206. The van der Waals surface area contributed by atoms with Gasteiger partial charge in [-0.05, 0) is 71.7 Å². The molecule has 0 aliphatic carbocycles. The normalized spacial score (nSPS) is 16.7. The summed E-state index contributed by atoms with van der Waals surface area (Å²) < 4.78 is 6.26. The molecule has 1 aliphatic heterocycles. The van der Waals surface area contributed by atoms with Gasteiger partial charge in [0.15, 0.2) is 0 Å². The van der Waals surface area contributed by atoms with Gasteiger partial charge < -0.3 is 15.0 Å². The number of hydrogen-bond acceptors (Lipinski definition) is 3. The molecule has 6 heteroatoms. The molecule has 1 N–H and O–H groups in total. The lowest BCUT2D eigenvalue weighted by Crippen LogP contribution is -2.28. The number of aryl methyl sites for hydroxylation is 1. The van der Waals surface area contributed by atoms with Crippen molar-refractivity contribution in [2.75, 3.05) is 23.4 Å². The number of benzene rings is 2. The van der Waals surface area contributed by atoms with E-state index in [0.29, 0.717) is 18.8 Å². The van der Waals surface area contributed by atoms with Crippen molar-refractivity contribution >= 4 is 39.1 Å². The second-order valence-corrected chi connectivity index (χ2v) is 7.16. The molecule has 1 heterocycles. The minimum absolute atomic E-state index is 0.0442. The zero-order chi connectivity index (χ0) is 18.7. The maximum absolute atomic E-state index is 12.6. The third-order valence-electron chi connectivity index (χ3n) is 4.34. The van der Waals surface area contributed by atoms with E-state index in [1.54, 1.807) is 4.90 Å². The van der Waals surface area contributed by atoms with Crippen molar-refractivity contribution in [3.05, 3.63) is 52.5 Å². The summed E-state index contributed by atoms with van der Waals surface area (Å²) in [5, 5.41) is 2.91. The van der Waals surface area contributed by atoms with Crippen molar-refractivity contribution in [3.63, 3.8) is 0 Å². The SMILES string of the molecule is CCOc1ccc(N2CC(C(=O)Nc3ccc(C)cc3Br)CC2=O)cc1. The lowest BCUT2D eigenvalue weighted by molar-refractivity contribution is -0.122. The first kappa shape index (κ1) is 18.5. The lowest BCUT2D eigenvalue weighted by atomic mass is 10.1. The van der Waals surface area contributed by atoms with Gasteiger partial charge in [0.2, 0.25) is 11.8 Å². The molecule has 3 rings (SSSR count). The molecule has 1 saturated heterocycles.